The Morgan fingerprint density at radius 2 is 1.89 bits per heavy atom. The van der Waals surface area contributed by atoms with Crippen molar-refractivity contribution in [3.8, 4) is 0 Å². The highest BCUT2D eigenvalue weighted by Crippen LogP contribution is 2.28. The summed E-state index contributed by atoms with van der Waals surface area (Å²) in [5.41, 5.74) is 1.49. The number of nitrogens with one attached hydrogen (secondary N) is 1. The first-order chi connectivity index (χ1) is 8.90. The fraction of sp³-hybridized carbons (Fsp3) is 0.647. The van der Waals surface area contributed by atoms with Crippen LogP contribution in [-0.2, 0) is 6.42 Å². The summed E-state index contributed by atoms with van der Waals surface area (Å²) in [5, 5.41) is 3.68. The predicted octanol–water partition coefficient (Wildman–Crippen LogP) is 4.18. The molecular formula is C17H27N. The summed E-state index contributed by atoms with van der Waals surface area (Å²) in [6, 6.07) is 11.7. The lowest BCUT2D eigenvalue weighted by Gasteiger charge is -2.32. The molecule has 0 bridgehead atoms. The Labute approximate surface area is 112 Å². The van der Waals surface area contributed by atoms with Gasteiger partial charge in [0, 0.05) is 6.04 Å². The number of hydrogen-bond acceptors (Lipinski definition) is 1. The van der Waals surface area contributed by atoms with Crippen molar-refractivity contribution in [2.45, 2.75) is 57.9 Å². The summed E-state index contributed by atoms with van der Waals surface area (Å²) in [6.45, 7) is 3.36. The Bertz CT molecular complexity index is 318. The second-order valence-corrected chi connectivity index (χ2v) is 5.59. The molecule has 1 N–H and O–H groups in total. The van der Waals surface area contributed by atoms with Crippen LogP contribution in [0.25, 0.3) is 0 Å². The highest BCUT2D eigenvalue weighted by molar-refractivity contribution is 5.14. The molecule has 1 aromatic carbocycles. The monoisotopic (exact) mass is 245 g/mol. The molecule has 0 amide bonds. The molecule has 0 spiro atoms. The molecular weight excluding hydrogens is 218 g/mol. The van der Waals surface area contributed by atoms with E-state index >= 15 is 0 Å². The van der Waals surface area contributed by atoms with Crippen LogP contribution in [-0.4, -0.2) is 12.6 Å². The molecule has 0 saturated heterocycles. The van der Waals surface area contributed by atoms with Gasteiger partial charge in [-0.3, -0.25) is 0 Å². The van der Waals surface area contributed by atoms with Crippen LogP contribution in [0.5, 0.6) is 0 Å². The van der Waals surface area contributed by atoms with Crippen LogP contribution in [0.3, 0.4) is 0 Å². The normalized spacial score (nSPS) is 24.1. The van der Waals surface area contributed by atoms with E-state index in [2.05, 4.69) is 42.6 Å². The maximum absolute atomic E-state index is 3.68. The third-order valence-electron chi connectivity index (χ3n) is 4.26. The van der Waals surface area contributed by atoms with Gasteiger partial charge in [0.2, 0.25) is 0 Å². The second kappa shape index (κ2) is 7.58. The first kappa shape index (κ1) is 13.6. The van der Waals surface area contributed by atoms with E-state index in [1.54, 1.807) is 0 Å². The van der Waals surface area contributed by atoms with Crippen LogP contribution in [0.1, 0.15) is 51.0 Å². The van der Waals surface area contributed by atoms with Gasteiger partial charge in [-0.25, -0.2) is 0 Å². The third kappa shape index (κ3) is 4.13. The van der Waals surface area contributed by atoms with Crippen LogP contribution in [0, 0.1) is 5.92 Å². The van der Waals surface area contributed by atoms with Gasteiger partial charge in [0.05, 0.1) is 0 Å². The smallest absolute Gasteiger partial charge is 0.00952 e. The lowest BCUT2D eigenvalue weighted by Crippen LogP contribution is -2.38. The minimum absolute atomic E-state index is 0.791. The van der Waals surface area contributed by atoms with Gasteiger partial charge in [0.1, 0.15) is 0 Å². The topological polar surface area (TPSA) is 12.0 Å². The molecule has 1 saturated carbocycles. The summed E-state index contributed by atoms with van der Waals surface area (Å²) < 4.78 is 0. The molecule has 1 aromatic rings. The van der Waals surface area contributed by atoms with Crippen LogP contribution in [0.4, 0.5) is 0 Å². The highest BCUT2D eigenvalue weighted by Gasteiger charge is 2.23. The van der Waals surface area contributed by atoms with Crippen molar-refractivity contribution in [1.82, 2.24) is 5.32 Å². The van der Waals surface area contributed by atoms with E-state index in [1.807, 2.05) is 0 Å². The maximum Gasteiger partial charge on any atom is 0.00952 e. The van der Waals surface area contributed by atoms with E-state index in [4.69, 9.17) is 0 Å². The average Bonchev–Trinajstić information content (AvgIpc) is 2.42. The van der Waals surface area contributed by atoms with Crippen molar-refractivity contribution in [3.05, 3.63) is 35.9 Å². The summed E-state index contributed by atoms with van der Waals surface area (Å²) in [4.78, 5) is 0. The first-order valence-corrected chi connectivity index (χ1v) is 7.67. The van der Waals surface area contributed by atoms with Crippen molar-refractivity contribution in [3.63, 3.8) is 0 Å². The molecule has 2 rings (SSSR count). The van der Waals surface area contributed by atoms with Gasteiger partial charge in [-0.2, -0.15) is 0 Å². The van der Waals surface area contributed by atoms with E-state index in [0.717, 1.165) is 18.5 Å². The molecule has 18 heavy (non-hydrogen) atoms. The maximum atomic E-state index is 3.68. The van der Waals surface area contributed by atoms with Gasteiger partial charge in [-0.15, -0.1) is 0 Å². The third-order valence-corrected chi connectivity index (χ3v) is 4.26. The van der Waals surface area contributed by atoms with Crippen molar-refractivity contribution >= 4 is 0 Å². The molecule has 1 nitrogen and oxygen atoms in total. The summed E-state index contributed by atoms with van der Waals surface area (Å²) >= 11 is 0. The van der Waals surface area contributed by atoms with Gasteiger partial charge in [0.15, 0.2) is 0 Å². The minimum Gasteiger partial charge on any atom is -0.314 e. The average molecular weight is 245 g/mol. The zero-order chi connectivity index (χ0) is 12.6. The van der Waals surface area contributed by atoms with Gasteiger partial charge in [-0.1, -0.05) is 50.1 Å². The molecule has 100 valence electrons. The largest absolute Gasteiger partial charge is 0.314 e. The van der Waals surface area contributed by atoms with Crippen molar-refractivity contribution in [2.24, 2.45) is 5.92 Å². The molecule has 2 atom stereocenters. The Kier molecular flexibility index (Phi) is 5.73. The van der Waals surface area contributed by atoms with Crippen LogP contribution >= 0.6 is 0 Å². The quantitative estimate of drug-likeness (QED) is 0.793. The van der Waals surface area contributed by atoms with Crippen LogP contribution < -0.4 is 5.32 Å². The number of benzene rings is 1. The second-order valence-electron chi connectivity index (χ2n) is 5.59. The summed E-state index contributed by atoms with van der Waals surface area (Å²) in [7, 11) is 0. The van der Waals surface area contributed by atoms with Crippen LogP contribution in [0.2, 0.25) is 0 Å². The Balaban J connectivity index is 1.74. The lowest BCUT2D eigenvalue weighted by molar-refractivity contribution is 0.248. The van der Waals surface area contributed by atoms with Gasteiger partial charge in [0.25, 0.3) is 0 Å². The molecule has 0 radical (unpaired) electrons. The molecule has 1 aliphatic rings. The molecule has 2 unspecified atom stereocenters. The zero-order valence-corrected chi connectivity index (χ0v) is 11.7. The lowest BCUT2D eigenvalue weighted by atomic mass is 9.81. The van der Waals surface area contributed by atoms with Crippen LogP contribution in [0.15, 0.2) is 30.3 Å². The van der Waals surface area contributed by atoms with Gasteiger partial charge < -0.3 is 5.32 Å². The molecule has 0 aliphatic heterocycles. The zero-order valence-electron chi connectivity index (χ0n) is 11.7. The fourth-order valence-electron chi connectivity index (χ4n) is 3.30. The van der Waals surface area contributed by atoms with Crippen molar-refractivity contribution < 1.29 is 0 Å². The van der Waals surface area contributed by atoms with Crippen molar-refractivity contribution in [2.75, 3.05) is 6.54 Å². The number of aryl methyl sites for hydroxylation is 1. The number of hydrogen-bond donors (Lipinski definition) is 1. The SMILES string of the molecule is CCNC1CCCCC1CCCc1ccccc1. The highest BCUT2D eigenvalue weighted by atomic mass is 14.9. The van der Waals surface area contributed by atoms with Gasteiger partial charge in [-0.05, 0) is 50.1 Å². The molecule has 0 aromatic heterocycles. The minimum atomic E-state index is 0.791. The predicted molar refractivity (Wildman–Crippen MR) is 78.8 cm³/mol. The van der Waals surface area contributed by atoms with E-state index in [-0.39, 0.29) is 0 Å². The summed E-state index contributed by atoms with van der Waals surface area (Å²) in [6.07, 6.45) is 9.68. The van der Waals surface area contributed by atoms with E-state index in [9.17, 15) is 0 Å². The molecule has 1 fully saturated rings. The van der Waals surface area contributed by atoms with E-state index in [0.29, 0.717) is 0 Å². The Morgan fingerprint density at radius 3 is 2.67 bits per heavy atom. The van der Waals surface area contributed by atoms with Gasteiger partial charge >= 0.3 is 0 Å². The van der Waals surface area contributed by atoms with E-state index in [1.165, 1.54) is 50.5 Å². The summed E-state index contributed by atoms with van der Waals surface area (Å²) in [5.74, 6) is 0.919. The molecule has 1 aliphatic carbocycles. The number of rotatable bonds is 6. The van der Waals surface area contributed by atoms with E-state index < -0.39 is 0 Å². The Morgan fingerprint density at radius 1 is 1.11 bits per heavy atom. The van der Waals surface area contributed by atoms with Crippen molar-refractivity contribution in [1.29, 1.82) is 0 Å². The molecule has 1 heteroatoms. The Hall–Kier alpha value is -0.820. The first-order valence-electron chi connectivity index (χ1n) is 7.67. The molecule has 0 heterocycles. The fourth-order valence-corrected chi connectivity index (χ4v) is 3.30. The standard InChI is InChI=1S/C17H27N/c1-2-18-17-14-7-6-12-16(17)13-8-11-15-9-4-3-5-10-15/h3-5,9-10,16-18H,2,6-8,11-14H2,1H3.